The van der Waals surface area contributed by atoms with Gasteiger partial charge in [0.25, 0.3) is 0 Å². The number of nitrogens with zero attached hydrogens (tertiary/aromatic N) is 2. The van der Waals surface area contributed by atoms with Crippen molar-refractivity contribution in [3.63, 3.8) is 0 Å². The van der Waals surface area contributed by atoms with Crippen molar-refractivity contribution in [2.75, 3.05) is 6.61 Å². The maximum atomic E-state index is 11.6. The van der Waals surface area contributed by atoms with Gasteiger partial charge in [0.1, 0.15) is 11.9 Å². The summed E-state index contributed by atoms with van der Waals surface area (Å²) in [5.74, 6) is 0. The second kappa shape index (κ2) is 3.90. The van der Waals surface area contributed by atoms with E-state index in [2.05, 4.69) is 4.98 Å². The Morgan fingerprint density at radius 2 is 2.38 bits per heavy atom. The number of epoxide rings is 1. The molecule has 1 aliphatic rings. The van der Waals surface area contributed by atoms with Crippen LogP contribution in [0, 0.1) is 0 Å². The first-order valence-corrected chi connectivity index (χ1v) is 5.32. The van der Waals surface area contributed by atoms with Gasteiger partial charge in [-0.3, -0.25) is 0 Å². The Labute approximate surface area is 94.4 Å². The van der Waals surface area contributed by atoms with Gasteiger partial charge in [-0.2, -0.15) is 0 Å². The van der Waals surface area contributed by atoms with Crippen LogP contribution in [0.5, 0.6) is 0 Å². The molecule has 88 valence electrons. The smallest absolute Gasteiger partial charge is 0.419 e. The van der Waals surface area contributed by atoms with E-state index in [9.17, 15) is 4.79 Å². The van der Waals surface area contributed by atoms with Crippen molar-refractivity contribution in [1.29, 1.82) is 0 Å². The van der Waals surface area contributed by atoms with E-state index >= 15 is 0 Å². The van der Waals surface area contributed by atoms with Crippen LogP contribution in [0.1, 0.15) is 26.5 Å². The van der Waals surface area contributed by atoms with Crippen molar-refractivity contribution in [1.82, 2.24) is 9.55 Å². The average Bonchev–Trinajstić information content (AvgIpc) is 2.78. The first kappa shape index (κ1) is 11.1. The molecule has 2 heterocycles. The molecule has 0 radical (unpaired) electrons. The van der Waals surface area contributed by atoms with Crippen LogP contribution in [0.4, 0.5) is 4.79 Å². The van der Waals surface area contributed by atoms with Crippen LogP contribution in [0.15, 0.2) is 12.5 Å². The van der Waals surface area contributed by atoms with E-state index in [0.717, 1.165) is 18.7 Å². The summed E-state index contributed by atoms with van der Waals surface area (Å²) in [5.41, 5.74) is 0.370. The first-order chi connectivity index (χ1) is 7.44. The Morgan fingerprint density at radius 1 is 1.69 bits per heavy atom. The third kappa shape index (κ3) is 3.06. The zero-order valence-corrected chi connectivity index (χ0v) is 9.77. The highest BCUT2D eigenvalue weighted by atomic mass is 16.6. The van der Waals surface area contributed by atoms with Crippen molar-refractivity contribution < 1.29 is 14.3 Å². The summed E-state index contributed by atoms with van der Waals surface area (Å²) in [6.45, 7) is 6.29. The number of hydrogen-bond donors (Lipinski definition) is 0. The molecule has 0 aromatic carbocycles. The molecule has 0 aliphatic carbocycles. The summed E-state index contributed by atoms with van der Waals surface area (Å²) in [6.07, 6.45) is 3.81. The van der Waals surface area contributed by atoms with E-state index in [0.29, 0.717) is 0 Å². The Bertz CT molecular complexity index is 388. The topological polar surface area (TPSA) is 56.7 Å². The third-order valence-corrected chi connectivity index (χ3v) is 2.08. The monoisotopic (exact) mass is 224 g/mol. The average molecular weight is 224 g/mol. The van der Waals surface area contributed by atoms with Crippen molar-refractivity contribution in [2.45, 2.75) is 38.9 Å². The van der Waals surface area contributed by atoms with Gasteiger partial charge in [-0.1, -0.05) is 0 Å². The highest BCUT2D eigenvalue weighted by Crippen LogP contribution is 2.15. The van der Waals surface area contributed by atoms with E-state index in [1.54, 1.807) is 6.20 Å². The molecule has 0 saturated carbocycles. The molecule has 0 spiro atoms. The molecule has 0 bridgehead atoms. The van der Waals surface area contributed by atoms with Crippen LogP contribution >= 0.6 is 0 Å². The molecule has 1 saturated heterocycles. The second-order valence-electron chi connectivity index (χ2n) is 4.91. The number of rotatable bonds is 2. The van der Waals surface area contributed by atoms with E-state index in [4.69, 9.17) is 9.47 Å². The maximum Gasteiger partial charge on any atom is 0.419 e. The largest absolute Gasteiger partial charge is 0.443 e. The van der Waals surface area contributed by atoms with Crippen LogP contribution < -0.4 is 0 Å². The number of imidazole rings is 1. The summed E-state index contributed by atoms with van der Waals surface area (Å²) in [7, 11) is 0. The maximum absolute atomic E-state index is 11.6. The van der Waals surface area contributed by atoms with Gasteiger partial charge in [0.15, 0.2) is 0 Å². The number of ether oxygens (including phenoxy) is 2. The van der Waals surface area contributed by atoms with Gasteiger partial charge < -0.3 is 9.47 Å². The molecule has 1 atom stereocenters. The first-order valence-electron chi connectivity index (χ1n) is 5.32. The molecule has 5 heteroatoms. The predicted molar refractivity (Wildman–Crippen MR) is 57.3 cm³/mol. The third-order valence-electron chi connectivity index (χ3n) is 2.08. The van der Waals surface area contributed by atoms with Crippen molar-refractivity contribution in [3.8, 4) is 0 Å². The predicted octanol–water partition coefficient (Wildman–Crippen LogP) is 1.61. The Balaban J connectivity index is 1.97. The molecule has 1 aromatic heterocycles. The molecule has 1 unspecified atom stereocenters. The molecule has 0 N–H and O–H groups in total. The number of carbonyl (C=O) groups is 1. The Hall–Kier alpha value is -1.36. The van der Waals surface area contributed by atoms with Gasteiger partial charge >= 0.3 is 6.09 Å². The van der Waals surface area contributed by atoms with Crippen LogP contribution in [-0.2, 0) is 15.9 Å². The summed E-state index contributed by atoms with van der Waals surface area (Å²) in [6, 6.07) is 0. The lowest BCUT2D eigenvalue weighted by Crippen LogP contribution is -2.26. The molecule has 0 amide bonds. The quantitative estimate of drug-likeness (QED) is 0.716. The molecule has 1 aromatic rings. The van der Waals surface area contributed by atoms with E-state index in [1.807, 2.05) is 20.8 Å². The molecular formula is C11H16N2O3. The van der Waals surface area contributed by atoms with Gasteiger partial charge in [0, 0.05) is 12.6 Å². The Kier molecular flexibility index (Phi) is 2.71. The fourth-order valence-electron chi connectivity index (χ4n) is 1.30. The zero-order valence-electron chi connectivity index (χ0n) is 9.77. The second-order valence-corrected chi connectivity index (χ2v) is 4.91. The lowest BCUT2D eigenvalue weighted by Gasteiger charge is -2.19. The van der Waals surface area contributed by atoms with Gasteiger partial charge in [-0.05, 0) is 20.8 Å². The molecule has 1 fully saturated rings. The number of aromatic nitrogens is 2. The summed E-state index contributed by atoms with van der Waals surface area (Å²) in [5, 5.41) is 0. The molecular weight excluding hydrogens is 208 g/mol. The summed E-state index contributed by atoms with van der Waals surface area (Å²) in [4.78, 5) is 15.8. The van der Waals surface area contributed by atoms with Gasteiger partial charge in [-0.25, -0.2) is 14.3 Å². The van der Waals surface area contributed by atoms with Crippen LogP contribution in [0.2, 0.25) is 0 Å². The standard InChI is InChI=1S/C11H16N2O3/c1-11(2,3)16-10(14)13-5-8(12-7-13)4-9-6-15-9/h5,7,9H,4,6H2,1-3H3. The van der Waals surface area contributed by atoms with Crippen molar-refractivity contribution >= 4 is 6.09 Å². The highest BCUT2D eigenvalue weighted by molar-refractivity contribution is 5.70. The molecule has 16 heavy (non-hydrogen) atoms. The van der Waals surface area contributed by atoms with Gasteiger partial charge in [0.05, 0.1) is 18.4 Å². The minimum absolute atomic E-state index is 0.280. The van der Waals surface area contributed by atoms with E-state index in [1.165, 1.54) is 10.9 Å². The van der Waals surface area contributed by atoms with Crippen LogP contribution in [-0.4, -0.2) is 34.0 Å². The van der Waals surface area contributed by atoms with Crippen molar-refractivity contribution in [3.05, 3.63) is 18.2 Å². The number of hydrogen-bond acceptors (Lipinski definition) is 4. The minimum atomic E-state index is -0.485. The zero-order chi connectivity index (χ0) is 11.8. The fraction of sp³-hybridized carbons (Fsp3) is 0.636. The highest BCUT2D eigenvalue weighted by Gasteiger charge is 2.24. The normalized spacial score (nSPS) is 19.6. The summed E-state index contributed by atoms with van der Waals surface area (Å²) < 4.78 is 11.7. The van der Waals surface area contributed by atoms with Crippen molar-refractivity contribution in [2.24, 2.45) is 0 Å². The molecule has 5 nitrogen and oxygen atoms in total. The lowest BCUT2D eigenvalue weighted by atomic mass is 10.2. The molecule has 2 rings (SSSR count). The van der Waals surface area contributed by atoms with Gasteiger partial charge in [0.2, 0.25) is 0 Å². The van der Waals surface area contributed by atoms with Crippen LogP contribution in [0.3, 0.4) is 0 Å². The van der Waals surface area contributed by atoms with E-state index < -0.39 is 11.7 Å². The van der Waals surface area contributed by atoms with E-state index in [-0.39, 0.29) is 6.10 Å². The fourth-order valence-corrected chi connectivity index (χ4v) is 1.30. The SMILES string of the molecule is CC(C)(C)OC(=O)n1cnc(CC2CO2)c1. The lowest BCUT2D eigenvalue weighted by molar-refractivity contribution is 0.0536. The molecule has 1 aliphatic heterocycles. The van der Waals surface area contributed by atoms with Gasteiger partial charge in [-0.15, -0.1) is 0 Å². The van der Waals surface area contributed by atoms with Crippen LogP contribution in [0.25, 0.3) is 0 Å². The minimum Gasteiger partial charge on any atom is -0.443 e. The summed E-state index contributed by atoms with van der Waals surface area (Å²) >= 11 is 0. The number of carbonyl (C=O) groups excluding carboxylic acids is 1. The Morgan fingerprint density at radius 3 is 2.94 bits per heavy atom.